The monoisotopic (exact) mass is 311 g/mol. The van der Waals surface area contributed by atoms with Crippen molar-refractivity contribution in [1.29, 1.82) is 0 Å². The van der Waals surface area contributed by atoms with Crippen LogP contribution in [0.25, 0.3) is 10.9 Å². The van der Waals surface area contributed by atoms with E-state index in [0.717, 1.165) is 27.9 Å². The van der Waals surface area contributed by atoms with Gasteiger partial charge in [-0.2, -0.15) is 0 Å². The van der Waals surface area contributed by atoms with Crippen molar-refractivity contribution in [3.63, 3.8) is 0 Å². The minimum absolute atomic E-state index is 0.0423. The fourth-order valence-electron chi connectivity index (χ4n) is 3.03. The Bertz CT molecular complexity index is 926. The Labute approximate surface area is 140 Å². The van der Waals surface area contributed by atoms with Crippen LogP contribution in [-0.2, 0) is 0 Å². The molecule has 4 aromatic rings. The topological polar surface area (TPSA) is 51.8 Å². The van der Waals surface area contributed by atoms with Crippen molar-refractivity contribution in [3.05, 3.63) is 102 Å². The summed E-state index contributed by atoms with van der Waals surface area (Å²) in [7, 11) is 0. The largest absolute Gasteiger partial charge is 0.383 e. The van der Waals surface area contributed by atoms with Gasteiger partial charge in [-0.05, 0) is 23.3 Å². The number of benzene rings is 3. The van der Waals surface area contributed by atoms with Crippen LogP contribution in [-0.4, -0.2) is 9.97 Å². The van der Waals surface area contributed by atoms with Gasteiger partial charge < -0.3 is 5.73 Å². The minimum Gasteiger partial charge on any atom is -0.383 e. The Balaban J connectivity index is 1.94. The van der Waals surface area contributed by atoms with Crippen LogP contribution in [0, 0.1) is 0 Å². The highest BCUT2D eigenvalue weighted by atomic mass is 15.0. The van der Waals surface area contributed by atoms with Crippen LogP contribution in [0.1, 0.15) is 22.9 Å². The van der Waals surface area contributed by atoms with Gasteiger partial charge in [-0.3, -0.25) is 0 Å². The number of hydrogen-bond donors (Lipinski definition) is 1. The Morgan fingerprint density at radius 2 is 1.17 bits per heavy atom. The van der Waals surface area contributed by atoms with Crippen molar-refractivity contribution >= 4 is 16.7 Å². The van der Waals surface area contributed by atoms with Gasteiger partial charge in [0, 0.05) is 5.39 Å². The van der Waals surface area contributed by atoms with E-state index in [2.05, 4.69) is 29.2 Å². The molecule has 0 saturated heterocycles. The highest BCUT2D eigenvalue weighted by Gasteiger charge is 2.20. The summed E-state index contributed by atoms with van der Waals surface area (Å²) < 4.78 is 0. The zero-order chi connectivity index (χ0) is 16.4. The van der Waals surface area contributed by atoms with E-state index in [1.54, 1.807) is 0 Å². The van der Waals surface area contributed by atoms with Gasteiger partial charge >= 0.3 is 0 Å². The lowest BCUT2D eigenvalue weighted by atomic mass is 9.90. The molecule has 0 aliphatic carbocycles. The smallest absolute Gasteiger partial charge is 0.143 e. The predicted octanol–water partition coefficient (Wildman–Crippen LogP) is 4.39. The third kappa shape index (κ3) is 2.61. The van der Waals surface area contributed by atoms with E-state index in [9.17, 15) is 0 Å². The second-order valence-corrected chi connectivity index (χ2v) is 5.74. The molecule has 3 heteroatoms. The molecule has 0 aliphatic rings. The number of hydrogen-bond acceptors (Lipinski definition) is 3. The van der Waals surface area contributed by atoms with Crippen molar-refractivity contribution in [3.8, 4) is 0 Å². The first-order chi connectivity index (χ1) is 11.8. The maximum Gasteiger partial charge on any atom is 0.143 e. The van der Waals surface area contributed by atoms with Crippen LogP contribution in [0.2, 0.25) is 0 Å². The van der Waals surface area contributed by atoms with E-state index < -0.39 is 0 Å². The van der Waals surface area contributed by atoms with Gasteiger partial charge in [0.25, 0.3) is 0 Å². The molecule has 0 bridgehead atoms. The molecule has 0 fully saturated rings. The van der Waals surface area contributed by atoms with Gasteiger partial charge in [0.1, 0.15) is 11.6 Å². The van der Waals surface area contributed by atoms with Crippen LogP contribution in [0.4, 0.5) is 5.82 Å². The van der Waals surface area contributed by atoms with Gasteiger partial charge in [-0.1, -0.05) is 72.8 Å². The molecule has 116 valence electrons. The average molecular weight is 311 g/mol. The van der Waals surface area contributed by atoms with Crippen molar-refractivity contribution < 1.29 is 0 Å². The molecule has 0 aliphatic heterocycles. The second kappa shape index (κ2) is 6.13. The van der Waals surface area contributed by atoms with Crippen molar-refractivity contribution in [2.24, 2.45) is 0 Å². The SMILES string of the molecule is Nc1nc(C(c2ccccc2)c2ccccc2)nc2ccccc12. The number of nitrogens with zero attached hydrogens (tertiary/aromatic N) is 2. The quantitative estimate of drug-likeness (QED) is 0.610. The molecule has 0 unspecified atom stereocenters. The number of para-hydroxylation sites is 1. The lowest BCUT2D eigenvalue weighted by Gasteiger charge is -2.18. The summed E-state index contributed by atoms with van der Waals surface area (Å²) >= 11 is 0. The number of aromatic nitrogens is 2. The fourth-order valence-corrected chi connectivity index (χ4v) is 3.03. The Hall–Kier alpha value is -3.20. The Morgan fingerprint density at radius 3 is 1.79 bits per heavy atom. The molecule has 24 heavy (non-hydrogen) atoms. The first kappa shape index (κ1) is 14.4. The van der Waals surface area contributed by atoms with E-state index >= 15 is 0 Å². The third-order valence-electron chi connectivity index (χ3n) is 4.17. The Morgan fingerprint density at radius 1 is 0.625 bits per heavy atom. The van der Waals surface area contributed by atoms with Crippen LogP contribution in [0.3, 0.4) is 0 Å². The highest BCUT2D eigenvalue weighted by molar-refractivity contribution is 5.87. The summed E-state index contributed by atoms with van der Waals surface area (Å²) in [6.45, 7) is 0. The summed E-state index contributed by atoms with van der Waals surface area (Å²) in [6, 6.07) is 28.4. The summed E-state index contributed by atoms with van der Waals surface area (Å²) in [5.74, 6) is 1.20. The lowest BCUT2D eigenvalue weighted by molar-refractivity contribution is 0.870. The fraction of sp³-hybridized carbons (Fsp3) is 0.0476. The molecule has 4 rings (SSSR count). The number of rotatable bonds is 3. The number of nitrogens with two attached hydrogens (primary N) is 1. The van der Waals surface area contributed by atoms with Crippen LogP contribution < -0.4 is 5.73 Å². The van der Waals surface area contributed by atoms with Gasteiger partial charge in [-0.15, -0.1) is 0 Å². The van der Waals surface area contributed by atoms with Gasteiger partial charge in [-0.25, -0.2) is 9.97 Å². The molecule has 3 aromatic carbocycles. The van der Waals surface area contributed by atoms with Gasteiger partial charge in [0.05, 0.1) is 11.4 Å². The van der Waals surface area contributed by atoms with Crippen LogP contribution in [0.5, 0.6) is 0 Å². The highest BCUT2D eigenvalue weighted by Crippen LogP contribution is 2.31. The molecule has 1 aromatic heterocycles. The standard InChI is InChI=1S/C21H17N3/c22-20-17-13-7-8-14-18(17)23-21(24-20)19(15-9-3-1-4-10-15)16-11-5-2-6-12-16/h1-14,19H,(H2,22,23,24). The third-order valence-corrected chi connectivity index (χ3v) is 4.17. The zero-order valence-electron chi connectivity index (χ0n) is 13.1. The summed E-state index contributed by atoms with van der Waals surface area (Å²) in [4.78, 5) is 9.42. The number of nitrogen functional groups attached to an aromatic ring is 1. The number of anilines is 1. The van der Waals surface area contributed by atoms with E-state index in [0.29, 0.717) is 5.82 Å². The maximum absolute atomic E-state index is 6.20. The molecule has 0 amide bonds. The molecule has 0 radical (unpaired) electrons. The lowest BCUT2D eigenvalue weighted by Crippen LogP contribution is -2.10. The molecule has 2 N–H and O–H groups in total. The van der Waals surface area contributed by atoms with Crippen molar-refractivity contribution in [2.75, 3.05) is 5.73 Å². The van der Waals surface area contributed by atoms with E-state index in [-0.39, 0.29) is 5.92 Å². The van der Waals surface area contributed by atoms with E-state index in [1.165, 1.54) is 0 Å². The summed E-state index contributed by atoms with van der Waals surface area (Å²) in [6.07, 6.45) is 0. The molecule has 0 saturated carbocycles. The minimum atomic E-state index is -0.0423. The van der Waals surface area contributed by atoms with Gasteiger partial charge in [0.2, 0.25) is 0 Å². The summed E-state index contributed by atoms with van der Waals surface area (Å²) in [5, 5.41) is 0.890. The van der Waals surface area contributed by atoms with Crippen LogP contribution in [0.15, 0.2) is 84.9 Å². The first-order valence-corrected chi connectivity index (χ1v) is 7.95. The second-order valence-electron chi connectivity index (χ2n) is 5.74. The predicted molar refractivity (Wildman–Crippen MR) is 97.8 cm³/mol. The van der Waals surface area contributed by atoms with Gasteiger partial charge in [0.15, 0.2) is 0 Å². The number of fused-ring (bicyclic) bond motifs is 1. The molecular formula is C21H17N3. The summed E-state index contributed by atoms with van der Waals surface area (Å²) in [5.41, 5.74) is 9.37. The molecule has 0 spiro atoms. The normalized spacial score (nSPS) is 11.0. The average Bonchev–Trinajstić information content (AvgIpc) is 2.64. The molecular weight excluding hydrogens is 294 g/mol. The van der Waals surface area contributed by atoms with Crippen LogP contribution >= 0.6 is 0 Å². The van der Waals surface area contributed by atoms with E-state index in [1.807, 2.05) is 60.7 Å². The van der Waals surface area contributed by atoms with Crippen molar-refractivity contribution in [2.45, 2.75) is 5.92 Å². The molecule has 0 atom stereocenters. The molecule has 1 heterocycles. The zero-order valence-corrected chi connectivity index (χ0v) is 13.1. The molecule has 3 nitrogen and oxygen atoms in total. The van der Waals surface area contributed by atoms with Crippen molar-refractivity contribution in [1.82, 2.24) is 9.97 Å². The first-order valence-electron chi connectivity index (χ1n) is 7.95. The Kier molecular flexibility index (Phi) is 3.67. The van der Waals surface area contributed by atoms with E-state index in [4.69, 9.17) is 10.7 Å². The maximum atomic E-state index is 6.20.